The lowest BCUT2D eigenvalue weighted by molar-refractivity contribution is 0.165. The summed E-state index contributed by atoms with van der Waals surface area (Å²) in [7, 11) is 1.75. The largest absolute Gasteiger partial charge is 0.497 e. The number of benzene rings is 2. The van der Waals surface area contributed by atoms with Crippen molar-refractivity contribution >= 4 is 5.69 Å². The van der Waals surface area contributed by atoms with E-state index in [1.165, 1.54) is 29.7 Å². The van der Waals surface area contributed by atoms with Crippen molar-refractivity contribution in [2.75, 3.05) is 31.6 Å². The third kappa shape index (κ3) is 2.78. The van der Waals surface area contributed by atoms with Crippen molar-refractivity contribution in [3.63, 3.8) is 0 Å². The molecule has 4 rings (SSSR count). The summed E-state index contributed by atoms with van der Waals surface area (Å²) in [6.07, 6.45) is 2.42. The van der Waals surface area contributed by atoms with Gasteiger partial charge in [0.25, 0.3) is 0 Å². The molecule has 0 N–H and O–H groups in total. The smallest absolute Gasteiger partial charge is 0.120 e. The van der Waals surface area contributed by atoms with Crippen molar-refractivity contribution < 1.29 is 4.74 Å². The van der Waals surface area contributed by atoms with E-state index < -0.39 is 0 Å². The van der Waals surface area contributed by atoms with E-state index in [4.69, 9.17) is 4.74 Å². The van der Waals surface area contributed by atoms with Crippen molar-refractivity contribution in [3.05, 3.63) is 59.7 Å². The van der Waals surface area contributed by atoms with Gasteiger partial charge in [-0.3, -0.25) is 4.90 Å². The summed E-state index contributed by atoms with van der Waals surface area (Å²) in [6, 6.07) is 18.5. The lowest BCUT2D eigenvalue weighted by Gasteiger charge is -2.48. The lowest BCUT2D eigenvalue weighted by atomic mass is 9.92. The lowest BCUT2D eigenvalue weighted by Crippen LogP contribution is -2.55. The minimum absolute atomic E-state index is 0.486. The molecular weight excluding hydrogens is 296 g/mol. The van der Waals surface area contributed by atoms with Gasteiger partial charge in [0.1, 0.15) is 5.75 Å². The Labute approximate surface area is 144 Å². The van der Waals surface area contributed by atoms with E-state index in [2.05, 4.69) is 65.3 Å². The van der Waals surface area contributed by atoms with Crippen LogP contribution >= 0.6 is 0 Å². The molecule has 0 unspecified atom stereocenters. The molecule has 1 fully saturated rings. The quantitative estimate of drug-likeness (QED) is 0.852. The van der Waals surface area contributed by atoms with Crippen molar-refractivity contribution in [2.24, 2.45) is 0 Å². The van der Waals surface area contributed by atoms with Gasteiger partial charge in [-0.15, -0.1) is 0 Å². The summed E-state index contributed by atoms with van der Waals surface area (Å²) in [5.41, 5.74) is 4.28. The molecule has 24 heavy (non-hydrogen) atoms. The molecule has 0 aliphatic carbocycles. The Bertz CT molecular complexity index is 700. The molecule has 2 aliphatic rings. The minimum atomic E-state index is 0.486. The van der Waals surface area contributed by atoms with Gasteiger partial charge in [-0.05, 0) is 37.0 Å². The normalized spacial score (nSPS) is 21.8. The Hall–Kier alpha value is -2.00. The first kappa shape index (κ1) is 15.5. The van der Waals surface area contributed by atoms with E-state index in [9.17, 15) is 0 Å². The number of hydrogen-bond donors (Lipinski definition) is 0. The van der Waals surface area contributed by atoms with Gasteiger partial charge in [0, 0.05) is 43.5 Å². The van der Waals surface area contributed by atoms with Crippen LogP contribution < -0.4 is 9.64 Å². The molecular formula is C21H26N2O. The molecule has 0 amide bonds. The molecule has 3 heteroatoms. The highest BCUT2D eigenvalue weighted by Crippen LogP contribution is 2.36. The van der Waals surface area contributed by atoms with E-state index in [0.29, 0.717) is 12.1 Å². The fraction of sp³-hybridized carbons (Fsp3) is 0.429. The molecule has 2 aromatic rings. The molecule has 0 saturated carbocycles. The van der Waals surface area contributed by atoms with Crippen LogP contribution in [0.2, 0.25) is 0 Å². The van der Waals surface area contributed by atoms with Gasteiger partial charge in [0.2, 0.25) is 0 Å². The van der Waals surface area contributed by atoms with Gasteiger partial charge in [-0.2, -0.15) is 0 Å². The SMILES string of the molecule is COc1ccc2c(c1)N1CCN([C@@H](C)c3ccccc3)C[C@H]1CC2. The van der Waals surface area contributed by atoms with Gasteiger partial charge in [-0.1, -0.05) is 36.4 Å². The average Bonchev–Trinajstić information content (AvgIpc) is 2.67. The standard InChI is InChI=1S/C21H26N2O/c1-16(17-6-4-3-5-7-17)22-12-13-23-19(15-22)10-8-18-9-11-20(24-2)14-21(18)23/h3-7,9,11,14,16,19H,8,10,12-13,15H2,1-2H3/t16-,19+/m0/s1. The molecule has 126 valence electrons. The zero-order valence-corrected chi connectivity index (χ0v) is 14.6. The highest BCUT2D eigenvalue weighted by molar-refractivity contribution is 5.60. The predicted molar refractivity (Wildman–Crippen MR) is 98.9 cm³/mol. The number of methoxy groups -OCH3 is 1. The van der Waals surface area contributed by atoms with Crippen LogP contribution in [0.15, 0.2) is 48.5 Å². The van der Waals surface area contributed by atoms with E-state index >= 15 is 0 Å². The van der Waals surface area contributed by atoms with Crippen molar-refractivity contribution in [3.8, 4) is 5.75 Å². The predicted octanol–water partition coefficient (Wildman–Crippen LogP) is 3.89. The van der Waals surface area contributed by atoms with Gasteiger partial charge in [0.15, 0.2) is 0 Å². The second-order valence-corrected chi connectivity index (χ2v) is 6.96. The summed E-state index contributed by atoms with van der Waals surface area (Å²) in [5, 5.41) is 0. The van der Waals surface area contributed by atoms with Crippen molar-refractivity contribution in [2.45, 2.75) is 31.8 Å². The van der Waals surface area contributed by atoms with E-state index in [1.54, 1.807) is 7.11 Å². The van der Waals surface area contributed by atoms with Crippen molar-refractivity contribution in [1.82, 2.24) is 4.90 Å². The van der Waals surface area contributed by atoms with Gasteiger partial charge in [0.05, 0.1) is 7.11 Å². The molecule has 0 bridgehead atoms. The Morgan fingerprint density at radius 2 is 1.92 bits per heavy atom. The monoisotopic (exact) mass is 322 g/mol. The van der Waals surface area contributed by atoms with Crippen LogP contribution in [0.5, 0.6) is 5.75 Å². The number of nitrogens with zero attached hydrogens (tertiary/aromatic N) is 2. The molecule has 2 heterocycles. The first-order valence-electron chi connectivity index (χ1n) is 8.99. The maximum Gasteiger partial charge on any atom is 0.120 e. The van der Waals surface area contributed by atoms with Crippen LogP contribution in [0.4, 0.5) is 5.69 Å². The van der Waals surface area contributed by atoms with Crippen LogP contribution in [0.3, 0.4) is 0 Å². The van der Waals surface area contributed by atoms with Gasteiger partial charge in [-0.25, -0.2) is 0 Å². The van der Waals surface area contributed by atoms with Crippen LogP contribution in [0.1, 0.15) is 30.5 Å². The van der Waals surface area contributed by atoms with E-state index in [-0.39, 0.29) is 0 Å². The van der Waals surface area contributed by atoms with Gasteiger partial charge < -0.3 is 9.64 Å². The summed E-state index contributed by atoms with van der Waals surface area (Å²) in [6.45, 7) is 5.70. The Balaban J connectivity index is 1.53. The van der Waals surface area contributed by atoms with Gasteiger partial charge >= 0.3 is 0 Å². The number of aryl methyl sites for hydroxylation is 1. The Morgan fingerprint density at radius 1 is 1.08 bits per heavy atom. The zero-order valence-electron chi connectivity index (χ0n) is 14.6. The first-order chi connectivity index (χ1) is 11.8. The number of fused-ring (bicyclic) bond motifs is 3. The number of ether oxygens (including phenoxy) is 1. The summed E-state index contributed by atoms with van der Waals surface area (Å²) >= 11 is 0. The number of piperazine rings is 1. The minimum Gasteiger partial charge on any atom is -0.497 e. The zero-order chi connectivity index (χ0) is 16.5. The number of hydrogen-bond acceptors (Lipinski definition) is 3. The van der Waals surface area contributed by atoms with E-state index in [0.717, 1.165) is 25.4 Å². The maximum absolute atomic E-state index is 5.44. The Kier molecular flexibility index (Phi) is 4.19. The maximum atomic E-state index is 5.44. The van der Waals surface area contributed by atoms with E-state index in [1.807, 2.05) is 0 Å². The second-order valence-electron chi connectivity index (χ2n) is 6.96. The fourth-order valence-electron chi connectivity index (χ4n) is 4.21. The highest BCUT2D eigenvalue weighted by atomic mass is 16.5. The second kappa shape index (κ2) is 6.48. The highest BCUT2D eigenvalue weighted by Gasteiger charge is 2.33. The van der Waals surface area contributed by atoms with Crippen molar-refractivity contribution in [1.29, 1.82) is 0 Å². The average molecular weight is 322 g/mol. The molecule has 0 aromatic heterocycles. The van der Waals surface area contributed by atoms with Crippen LogP contribution in [-0.2, 0) is 6.42 Å². The third-order valence-corrected chi connectivity index (χ3v) is 5.69. The molecule has 0 spiro atoms. The summed E-state index contributed by atoms with van der Waals surface area (Å²) in [5.74, 6) is 0.967. The topological polar surface area (TPSA) is 15.7 Å². The Morgan fingerprint density at radius 3 is 2.71 bits per heavy atom. The van der Waals surface area contributed by atoms with Crippen LogP contribution in [0.25, 0.3) is 0 Å². The van der Waals surface area contributed by atoms with Crippen LogP contribution in [-0.4, -0.2) is 37.7 Å². The molecule has 2 aromatic carbocycles. The third-order valence-electron chi connectivity index (χ3n) is 5.69. The first-order valence-corrected chi connectivity index (χ1v) is 8.99. The molecule has 1 saturated heterocycles. The summed E-state index contributed by atoms with van der Waals surface area (Å²) < 4.78 is 5.44. The fourth-order valence-corrected chi connectivity index (χ4v) is 4.21. The molecule has 3 nitrogen and oxygen atoms in total. The number of anilines is 1. The molecule has 0 radical (unpaired) electrons. The summed E-state index contributed by atoms with van der Waals surface area (Å²) in [4.78, 5) is 5.25. The van der Waals surface area contributed by atoms with Crippen LogP contribution in [0, 0.1) is 0 Å². The molecule has 2 atom stereocenters. The number of rotatable bonds is 3. The molecule has 2 aliphatic heterocycles.